The van der Waals surface area contributed by atoms with Crippen LogP contribution in [0.4, 0.5) is 0 Å². The van der Waals surface area contributed by atoms with E-state index < -0.39 is 0 Å². The smallest absolute Gasteiger partial charge is 0.312 e. The highest BCUT2D eigenvalue weighted by molar-refractivity contribution is 6.15. The Labute approximate surface area is 166 Å². The topological polar surface area (TPSA) is 75.0 Å². The predicted molar refractivity (Wildman–Crippen MR) is 103 cm³/mol. The molecule has 0 bridgehead atoms. The number of ketones is 1. The third kappa shape index (κ3) is 2.81. The van der Waals surface area contributed by atoms with Gasteiger partial charge in [-0.05, 0) is 36.4 Å². The van der Waals surface area contributed by atoms with Gasteiger partial charge in [0.1, 0.15) is 23.0 Å². The molecule has 0 radical (unpaired) electrons. The third-order valence-electron chi connectivity index (χ3n) is 5.09. The number of Topliss-reactive ketones (excluding diaryl/α,β-unsaturated/α-hetero) is 1. The molecule has 3 heterocycles. The highest BCUT2D eigenvalue weighted by Crippen LogP contribution is 2.49. The zero-order valence-corrected chi connectivity index (χ0v) is 15.5. The van der Waals surface area contributed by atoms with Gasteiger partial charge in [0.25, 0.3) is 0 Å². The Morgan fingerprint density at radius 1 is 1.03 bits per heavy atom. The number of methoxy groups -OCH3 is 1. The van der Waals surface area contributed by atoms with Gasteiger partial charge in [0.2, 0.25) is 5.78 Å². The van der Waals surface area contributed by atoms with Crippen LogP contribution in [0.1, 0.15) is 39.6 Å². The second-order valence-corrected chi connectivity index (χ2v) is 6.78. The Hall–Kier alpha value is -3.80. The Bertz CT molecular complexity index is 1160. The van der Waals surface area contributed by atoms with Crippen molar-refractivity contribution in [3.8, 4) is 17.2 Å². The molecule has 0 amide bonds. The molecule has 144 valence electrons. The van der Waals surface area contributed by atoms with Gasteiger partial charge in [0.05, 0.1) is 31.3 Å². The Balaban J connectivity index is 1.62. The molecular weight excluding hydrogens is 372 g/mol. The molecule has 0 spiro atoms. The minimum atomic E-state index is -0.380. The first-order valence-electron chi connectivity index (χ1n) is 9.14. The molecule has 2 aliphatic heterocycles. The van der Waals surface area contributed by atoms with Crippen LogP contribution < -0.4 is 14.2 Å². The zero-order valence-electron chi connectivity index (χ0n) is 15.5. The van der Waals surface area contributed by atoms with E-state index in [-0.39, 0.29) is 29.9 Å². The minimum absolute atomic E-state index is 0.111. The lowest BCUT2D eigenvalue weighted by Crippen LogP contribution is -2.21. The van der Waals surface area contributed by atoms with Crippen molar-refractivity contribution in [3.05, 3.63) is 83.0 Å². The van der Waals surface area contributed by atoms with Crippen LogP contribution in [0.2, 0.25) is 0 Å². The summed E-state index contributed by atoms with van der Waals surface area (Å²) in [5, 5.41) is 0. The number of carbonyl (C=O) groups excluding carboxylic acids is 2. The summed E-state index contributed by atoms with van der Waals surface area (Å²) in [6.45, 7) is 0. The number of hydrogen-bond acceptors (Lipinski definition) is 6. The summed E-state index contributed by atoms with van der Waals surface area (Å²) in [4.78, 5) is 25.1. The van der Waals surface area contributed by atoms with E-state index in [9.17, 15) is 9.59 Å². The van der Waals surface area contributed by atoms with Crippen LogP contribution in [-0.2, 0) is 4.79 Å². The summed E-state index contributed by atoms with van der Waals surface area (Å²) < 4.78 is 22.3. The Morgan fingerprint density at radius 2 is 1.90 bits per heavy atom. The van der Waals surface area contributed by atoms with Gasteiger partial charge in [-0.2, -0.15) is 0 Å². The maximum atomic E-state index is 13.0. The van der Waals surface area contributed by atoms with Gasteiger partial charge in [-0.3, -0.25) is 9.59 Å². The first-order chi connectivity index (χ1) is 14.2. The van der Waals surface area contributed by atoms with E-state index in [1.54, 1.807) is 43.7 Å². The number of benzene rings is 2. The number of ether oxygens (including phenoxy) is 3. The lowest BCUT2D eigenvalue weighted by molar-refractivity contribution is -0.135. The number of esters is 1. The van der Waals surface area contributed by atoms with Gasteiger partial charge >= 0.3 is 5.97 Å². The molecule has 6 nitrogen and oxygen atoms in total. The van der Waals surface area contributed by atoms with Crippen LogP contribution >= 0.6 is 0 Å². The molecule has 0 fully saturated rings. The van der Waals surface area contributed by atoms with Gasteiger partial charge in [-0.25, -0.2) is 0 Å². The van der Waals surface area contributed by atoms with Crippen LogP contribution in [0.5, 0.6) is 17.2 Å². The molecule has 1 unspecified atom stereocenters. The van der Waals surface area contributed by atoms with E-state index in [2.05, 4.69) is 0 Å². The van der Waals surface area contributed by atoms with Gasteiger partial charge in [0, 0.05) is 11.1 Å². The molecule has 0 saturated carbocycles. The van der Waals surface area contributed by atoms with Crippen molar-refractivity contribution in [1.29, 1.82) is 0 Å². The van der Waals surface area contributed by atoms with E-state index >= 15 is 0 Å². The number of hydrogen-bond donors (Lipinski definition) is 0. The van der Waals surface area contributed by atoms with Crippen molar-refractivity contribution in [2.75, 3.05) is 7.11 Å². The average molecular weight is 388 g/mol. The molecule has 6 heteroatoms. The van der Waals surface area contributed by atoms with E-state index in [0.29, 0.717) is 34.1 Å². The Kier molecular flexibility index (Phi) is 3.98. The highest BCUT2D eigenvalue weighted by Gasteiger charge is 2.39. The normalized spacial score (nSPS) is 18.8. The third-order valence-corrected chi connectivity index (χ3v) is 5.09. The molecule has 2 aliphatic rings. The number of rotatable bonds is 3. The molecule has 0 saturated heterocycles. The van der Waals surface area contributed by atoms with Gasteiger partial charge in [-0.15, -0.1) is 0 Å². The van der Waals surface area contributed by atoms with Gasteiger partial charge in [0.15, 0.2) is 5.76 Å². The quantitative estimate of drug-likeness (QED) is 0.377. The van der Waals surface area contributed by atoms with Crippen molar-refractivity contribution in [1.82, 2.24) is 0 Å². The fourth-order valence-electron chi connectivity index (χ4n) is 3.77. The van der Waals surface area contributed by atoms with Crippen LogP contribution in [-0.4, -0.2) is 18.9 Å². The highest BCUT2D eigenvalue weighted by atomic mass is 16.5. The standard InChI is InChI=1S/C23H16O6/c1-26-16-6-3-2-5-13(16)11-19-22(25)14-8-9-18-21(23(14)29-19)15(12-20(24)28-18)17-7-4-10-27-17/h2-11,15H,12H2,1H3/b19-11-. The number of carbonyl (C=O) groups is 2. The maximum Gasteiger partial charge on any atom is 0.312 e. The molecule has 1 atom stereocenters. The summed E-state index contributed by atoms with van der Waals surface area (Å²) in [5.74, 6) is 1.26. The SMILES string of the molecule is COc1ccccc1/C=C1\Oc2c(ccc3c2C(c2ccco2)CC(=O)O3)C1=O. The molecular formula is C23H16O6. The number of para-hydroxylation sites is 1. The van der Waals surface area contributed by atoms with E-state index in [1.807, 2.05) is 24.3 Å². The second-order valence-electron chi connectivity index (χ2n) is 6.78. The molecule has 2 aromatic carbocycles. The fourth-order valence-corrected chi connectivity index (χ4v) is 3.77. The van der Waals surface area contributed by atoms with E-state index in [4.69, 9.17) is 18.6 Å². The summed E-state index contributed by atoms with van der Waals surface area (Å²) in [6, 6.07) is 14.2. The van der Waals surface area contributed by atoms with Crippen molar-refractivity contribution in [2.45, 2.75) is 12.3 Å². The van der Waals surface area contributed by atoms with Crippen LogP contribution in [0.15, 0.2) is 65.0 Å². The van der Waals surface area contributed by atoms with Crippen LogP contribution in [0.25, 0.3) is 6.08 Å². The van der Waals surface area contributed by atoms with Gasteiger partial charge < -0.3 is 18.6 Å². The van der Waals surface area contributed by atoms with Crippen LogP contribution in [0, 0.1) is 0 Å². The van der Waals surface area contributed by atoms with Crippen LogP contribution in [0.3, 0.4) is 0 Å². The van der Waals surface area contributed by atoms with E-state index in [0.717, 1.165) is 5.56 Å². The summed E-state index contributed by atoms with van der Waals surface area (Å²) in [7, 11) is 1.57. The van der Waals surface area contributed by atoms with Crippen molar-refractivity contribution in [2.24, 2.45) is 0 Å². The summed E-state index contributed by atoms with van der Waals surface area (Å²) in [5.41, 5.74) is 1.81. The summed E-state index contributed by atoms with van der Waals surface area (Å²) >= 11 is 0. The maximum absolute atomic E-state index is 13.0. The molecule has 29 heavy (non-hydrogen) atoms. The fraction of sp³-hybridized carbons (Fsp3) is 0.130. The Morgan fingerprint density at radius 3 is 2.69 bits per heavy atom. The average Bonchev–Trinajstić information content (AvgIpc) is 3.37. The van der Waals surface area contributed by atoms with Crippen molar-refractivity contribution in [3.63, 3.8) is 0 Å². The minimum Gasteiger partial charge on any atom is -0.496 e. The molecule has 0 N–H and O–H groups in total. The molecule has 5 rings (SSSR count). The molecule has 3 aromatic rings. The second kappa shape index (κ2) is 6.67. The van der Waals surface area contributed by atoms with Crippen molar-refractivity contribution >= 4 is 17.8 Å². The lowest BCUT2D eigenvalue weighted by Gasteiger charge is -2.24. The lowest BCUT2D eigenvalue weighted by atomic mass is 9.88. The number of furan rings is 1. The zero-order chi connectivity index (χ0) is 20.0. The monoisotopic (exact) mass is 388 g/mol. The van der Waals surface area contributed by atoms with E-state index in [1.165, 1.54) is 0 Å². The number of allylic oxidation sites excluding steroid dienone is 1. The summed E-state index contributed by atoms with van der Waals surface area (Å²) in [6.07, 6.45) is 3.32. The number of fused-ring (bicyclic) bond motifs is 3. The first-order valence-corrected chi connectivity index (χ1v) is 9.14. The predicted octanol–water partition coefficient (Wildman–Crippen LogP) is 4.35. The first kappa shape index (κ1) is 17.3. The molecule has 0 aliphatic carbocycles. The largest absolute Gasteiger partial charge is 0.496 e. The molecule has 1 aromatic heterocycles. The van der Waals surface area contributed by atoms with Crippen molar-refractivity contribution < 1.29 is 28.2 Å². The van der Waals surface area contributed by atoms with Gasteiger partial charge in [-0.1, -0.05) is 18.2 Å².